The van der Waals surface area contributed by atoms with Gasteiger partial charge < -0.3 is 9.84 Å². The van der Waals surface area contributed by atoms with E-state index >= 15 is 8.78 Å². The summed E-state index contributed by atoms with van der Waals surface area (Å²) in [6.07, 6.45) is 15.5. The number of benzene rings is 2. The van der Waals surface area contributed by atoms with Crippen LogP contribution in [0.1, 0.15) is 112 Å². The van der Waals surface area contributed by atoms with Crippen LogP contribution in [0.3, 0.4) is 0 Å². The third-order valence-electron chi connectivity index (χ3n) is 9.04. The van der Waals surface area contributed by atoms with Crippen LogP contribution in [0, 0.1) is 29.3 Å². The maximum Gasteiger partial charge on any atom is 0.162 e. The summed E-state index contributed by atoms with van der Waals surface area (Å²) in [5, 5.41) is 10.3. The van der Waals surface area contributed by atoms with E-state index in [0.29, 0.717) is 29.0 Å². The molecule has 5 heteroatoms. The van der Waals surface area contributed by atoms with E-state index in [4.69, 9.17) is 4.74 Å². The molecule has 0 spiro atoms. The molecule has 0 amide bonds. The molecule has 1 atom stereocenters. The van der Waals surface area contributed by atoms with Crippen molar-refractivity contribution >= 4 is 6.08 Å². The highest BCUT2D eigenvalue weighted by Crippen LogP contribution is 2.42. The van der Waals surface area contributed by atoms with Gasteiger partial charge in [-0.3, -0.25) is 0 Å². The van der Waals surface area contributed by atoms with Gasteiger partial charge in [0.05, 0.1) is 12.7 Å². The Kier molecular flexibility index (Phi) is 11.3. The van der Waals surface area contributed by atoms with Gasteiger partial charge in [-0.2, -0.15) is 0 Å². The second kappa shape index (κ2) is 14.9. The number of rotatable bonds is 12. The number of hydrogen-bond donors (Lipinski definition) is 1. The lowest BCUT2D eigenvalue weighted by Gasteiger charge is -2.32. The molecule has 0 aliphatic heterocycles. The van der Waals surface area contributed by atoms with Gasteiger partial charge in [-0.15, -0.1) is 6.58 Å². The SMILES string of the molecule is C=CCCCOc1ccc(/C=C/C2CCC(c3ccc(C4CCC(C(O)CCC)CC4)c(F)c3F)CC2)c(F)c1. The summed E-state index contributed by atoms with van der Waals surface area (Å²) in [5.41, 5.74) is 1.51. The molecule has 2 fully saturated rings. The standard InChI is InChI=1S/C35H45F3O2/c1-3-5-6-22-40-29-19-18-27(32(36)23-29)13-10-24-8-11-25(12-9-24)30-20-21-31(35(38)34(30)37)26-14-16-28(17-15-26)33(39)7-4-2/h3,10,13,18-21,23-26,28,33,39H,1,4-9,11-12,14-17,22H2,2H3/b13-10+. The van der Waals surface area contributed by atoms with Gasteiger partial charge in [-0.1, -0.05) is 43.7 Å². The third-order valence-corrected chi connectivity index (χ3v) is 9.04. The first-order chi connectivity index (χ1) is 19.4. The average Bonchev–Trinajstić information content (AvgIpc) is 2.97. The summed E-state index contributed by atoms with van der Waals surface area (Å²) in [6.45, 7) is 6.29. The van der Waals surface area contributed by atoms with Gasteiger partial charge in [0.15, 0.2) is 11.6 Å². The predicted molar refractivity (Wildman–Crippen MR) is 157 cm³/mol. The molecule has 0 radical (unpaired) electrons. The molecule has 2 saturated carbocycles. The van der Waals surface area contributed by atoms with Crippen molar-refractivity contribution in [3.05, 3.63) is 83.2 Å². The summed E-state index contributed by atoms with van der Waals surface area (Å²) < 4.78 is 50.7. The third kappa shape index (κ3) is 7.81. The number of unbranched alkanes of at least 4 members (excludes halogenated alkanes) is 1. The molecular weight excluding hydrogens is 509 g/mol. The maximum atomic E-state index is 15.3. The highest BCUT2D eigenvalue weighted by Gasteiger charge is 2.31. The van der Waals surface area contributed by atoms with Crippen LogP contribution in [0.25, 0.3) is 6.08 Å². The van der Waals surface area contributed by atoms with Crippen molar-refractivity contribution in [1.82, 2.24) is 0 Å². The number of halogens is 3. The van der Waals surface area contributed by atoms with E-state index in [0.717, 1.165) is 77.0 Å². The van der Waals surface area contributed by atoms with E-state index in [2.05, 4.69) is 13.5 Å². The van der Waals surface area contributed by atoms with E-state index in [9.17, 15) is 9.50 Å². The van der Waals surface area contributed by atoms with E-state index in [1.165, 1.54) is 6.07 Å². The van der Waals surface area contributed by atoms with Gasteiger partial charge in [0.2, 0.25) is 0 Å². The molecule has 1 unspecified atom stereocenters. The van der Waals surface area contributed by atoms with Crippen LogP contribution < -0.4 is 4.74 Å². The van der Waals surface area contributed by atoms with Crippen molar-refractivity contribution in [3.8, 4) is 5.75 Å². The molecule has 0 aromatic heterocycles. The number of hydrogen-bond acceptors (Lipinski definition) is 2. The normalized spacial score (nSPS) is 24.2. The largest absolute Gasteiger partial charge is 0.493 e. The van der Waals surface area contributed by atoms with Gasteiger partial charge >= 0.3 is 0 Å². The molecule has 2 aromatic rings. The molecule has 2 aliphatic rings. The topological polar surface area (TPSA) is 29.5 Å². The van der Waals surface area contributed by atoms with Gasteiger partial charge in [-0.25, -0.2) is 13.2 Å². The molecule has 2 aliphatic carbocycles. The first-order valence-electron chi connectivity index (χ1n) is 15.3. The Balaban J connectivity index is 1.29. The minimum atomic E-state index is -0.682. The second-order valence-corrected chi connectivity index (χ2v) is 11.8. The van der Waals surface area contributed by atoms with Crippen molar-refractivity contribution in [1.29, 1.82) is 0 Å². The summed E-state index contributed by atoms with van der Waals surface area (Å²) in [7, 11) is 0. The molecule has 0 heterocycles. The lowest BCUT2D eigenvalue weighted by atomic mass is 9.74. The first kappa shape index (κ1) is 30.4. The van der Waals surface area contributed by atoms with E-state index in [1.54, 1.807) is 12.1 Å². The molecule has 2 aromatic carbocycles. The molecule has 1 N–H and O–H groups in total. The number of aliphatic hydroxyl groups is 1. The Morgan fingerprint density at radius 3 is 2.12 bits per heavy atom. The van der Waals surface area contributed by atoms with Crippen LogP contribution in [0.5, 0.6) is 5.75 Å². The van der Waals surface area contributed by atoms with Crippen LogP contribution in [0.15, 0.2) is 49.1 Å². The molecule has 2 nitrogen and oxygen atoms in total. The molecule has 40 heavy (non-hydrogen) atoms. The molecular formula is C35H45F3O2. The Labute approximate surface area is 238 Å². The average molecular weight is 555 g/mol. The van der Waals surface area contributed by atoms with Crippen molar-refractivity contribution in [2.45, 2.75) is 102 Å². The zero-order valence-corrected chi connectivity index (χ0v) is 23.9. The van der Waals surface area contributed by atoms with Gasteiger partial charge in [0.25, 0.3) is 0 Å². The second-order valence-electron chi connectivity index (χ2n) is 11.8. The Bertz CT molecular complexity index is 1130. The lowest BCUT2D eigenvalue weighted by Crippen LogP contribution is -2.25. The zero-order chi connectivity index (χ0) is 28.5. The van der Waals surface area contributed by atoms with Crippen molar-refractivity contribution in [3.63, 3.8) is 0 Å². The first-order valence-corrected chi connectivity index (χ1v) is 15.3. The highest BCUT2D eigenvalue weighted by molar-refractivity contribution is 5.52. The van der Waals surface area contributed by atoms with Crippen LogP contribution in [0.4, 0.5) is 13.2 Å². The summed E-state index contributed by atoms with van der Waals surface area (Å²) in [6, 6.07) is 8.56. The Morgan fingerprint density at radius 1 is 0.925 bits per heavy atom. The van der Waals surface area contributed by atoms with Gasteiger partial charge in [0, 0.05) is 11.6 Å². The fraction of sp³-hybridized carbons (Fsp3) is 0.543. The van der Waals surface area contributed by atoms with Crippen LogP contribution >= 0.6 is 0 Å². The van der Waals surface area contributed by atoms with Gasteiger partial charge in [0.1, 0.15) is 11.6 Å². The fourth-order valence-corrected chi connectivity index (χ4v) is 6.57. The molecule has 218 valence electrons. The number of ether oxygens (including phenoxy) is 1. The van der Waals surface area contributed by atoms with Crippen molar-refractivity contribution in [2.24, 2.45) is 11.8 Å². The van der Waals surface area contributed by atoms with Crippen LogP contribution in [-0.2, 0) is 0 Å². The highest BCUT2D eigenvalue weighted by atomic mass is 19.2. The maximum absolute atomic E-state index is 15.3. The Hall–Kier alpha value is -2.53. The summed E-state index contributed by atoms with van der Waals surface area (Å²) >= 11 is 0. The summed E-state index contributed by atoms with van der Waals surface area (Å²) in [5.74, 6) is -0.562. The minimum Gasteiger partial charge on any atom is -0.493 e. The quantitative estimate of drug-likeness (QED) is 0.209. The van der Waals surface area contributed by atoms with Gasteiger partial charge in [-0.05, 0) is 118 Å². The predicted octanol–water partition coefficient (Wildman–Crippen LogP) is 9.87. The lowest BCUT2D eigenvalue weighted by molar-refractivity contribution is 0.0727. The molecule has 4 rings (SSSR count). The molecule has 0 saturated heterocycles. The zero-order valence-electron chi connectivity index (χ0n) is 23.9. The van der Waals surface area contributed by atoms with E-state index in [-0.39, 0.29) is 35.6 Å². The van der Waals surface area contributed by atoms with E-state index < -0.39 is 11.6 Å². The van der Waals surface area contributed by atoms with Crippen molar-refractivity contribution in [2.75, 3.05) is 6.61 Å². The monoisotopic (exact) mass is 554 g/mol. The van der Waals surface area contributed by atoms with Crippen LogP contribution in [-0.4, -0.2) is 17.8 Å². The van der Waals surface area contributed by atoms with Crippen LogP contribution in [0.2, 0.25) is 0 Å². The fourth-order valence-electron chi connectivity index (χ4n) is 6.57. The van der Waals surface area contributed by atoms with E-state index in [1.807, 2.05) is 30.4 Å². The summed E-state index contributed by atoms with van der Waals surface area (Å²) in [4.78, 5) is 0. The molecule has 0 bridgehead atoms. The smallest absolute Gasteiger partial charge is 0.162 e. The van der Waals surface area contributed by atoms with Crippen molar-refractivity contribution < 1.29 is 23.0 Å². The number of aliphatic hydroxyl groups excluding tert-OH is 1. The Morgan fingerprint density at radius 2 is 1.55 bits per heavy atom. The number of allylic oxidation sites excluding steroid dienone is 2. The minimum absolute atomic E-state index is 0.00221.